The number of aryl methyl sites for hydroxylation is 1. The van der Waals surface area contributed by atoms with E-state index >= 15 is 0 Å². The molecule has 1 heterocycles. The van der Waals surface area contributed by atoms with Crippen molar-refractivity contribution in [3.8, 4) is 0 Å². The smallest absolute Gasteiger partial charge is 0.319 e. The molecule has 0 bridgehead atoms. The minimum Gasteiger partial charge on any atom is -0.319 e. The van der Waals surface area contributed by atoms with Crippen molar-refractivity contribution in [1.29, 1.82) is 0 Å². The van der Waals surface area contributed by atoms with Crippen molar-refractivity contribution in [3.05, 3.63) is 69.7 Å². The molecule has 1 fully saturated rings. The van der Waals surface area contributed by atoms with E-state index in [4.69, 9.17) is 0 Å². The van der Waals surface area contributed by atoms with Crippen LogP contribution in [0.5, 0.6) is 0 Å². The summed E-state index contributed by atoms with van der Waals surface area (Å²) >= 11 is 3.37. The number of rotatable bonds is 5. The molecule has 2 aromatic carbocycles. The summed E-state index contributed by atoms with van der Waals surface area (Å²) in [7, 11) is 0. The van der Waals surface area contributed by atoms with Gasteiger partial charge in [-0.05, 0) is 36.6 Å². The number of amides is 3. The van der Waals surface area contributed by atoms with Crippen LogP contribution in [0.15, 0.2) is 53.0 Å². The second kappa shape index (κ2) is 7.03. The van der Waals surface area contributed by atoms with Crippen LogP contribution >= 0.6 is 15.9 Å². The number of halogens is 1. The molecule has 0 aromatic heterocycles. The maximum Gasteiger partial charge on any atom is 0.325 e. The maximum atomic E-state index is 12.9. The zero-order valence-electron chi connectivity index (χ0n) is 14.6. The number of nitrogens with one attached hydrogen (secondary N) is 1. The fourth-order valence-electron chi connectivity index (χ4n) is 3.00. The fourth-order valence-corrected chi connectivity index (χ4v) is 3.40. The van der Waals surface area contributed by atoms with E-state index in [-0.39, 0.29) is 12.3 Å². The number of nitrogens with zero attached hydrogens (tertiary/aromatic N) is 1. The number of urea groups is 1. The van der Waals surface area contributed by atoms with Crippen molar-refractivity contribution in [2.24, 2.45) is 0 Å². The Bertz CT molecular complexity index is 879. The minimum atomic E-state index is -1.19. The predicted molar refractivity (Wildman–Crippen MR) is 102 cm³/mol. The third-order valence-electron chi connectivity index (χ3n) is 4.66. The van der Waals surface area contributed by atoms with Gasteiger partial charge in [-0.3, -0.25) is 14.5 Å². The Hall–Kier alpha value is -2.47. The Morgan fingerprint density at radius 2 is 1.85 bits per heavy atom. The van der Waals surface area contributed by atoms with Gasteiger partial charge >= 0.3 is 6.03 Å². The first kappa shape index (κ1) is 18.3. The van der Waals surface area contributed by atoms with Gasteiger partial charge in [-0.15, -0.1) is 0 Å². The van der Waals surface area contributed by atoms with Crippen LogP contribution in [0.1, 0.15) is 35.3 Å². The van der Waals surface area contributed by atoms with Crippen LogP contribution in [0.3, 0.4) is 0 Å². The molecule has 1 aliphatic rings. The van der Waals surface area contributed by atoms with Crippen LogP contribution < -0.4 is 5.32 Å². The third-order valence-corrected chi connectivity index (χ3v) is 5.16. The molecule has 26 heavy (non-hydrogen) atoms. The highest BCUT2D eigenvalue weighted by Gasteiger charge is 2.49. The number of ketones is 1. The first-order valence-electron chi connectivity index (χ1n) is 8.37. The zero-order valence-corrected chi connectivity index (χ0v) is 16.2. The van der Waals surface area contributed by atoms with Crippen LogP contribution in [-0.2, 0) is 16.8 Å². The summed E-state index contributed by atoms with van der Waals surface area (Å²) in [6, 6.07) is 13.9. The quantitative estimate of drug-likeness (QED) is 0.599. The number of carbonyl (C=O) groups is 3. The molecule has 6 heteroatoms. The summed E-state index contributed by atoms with van der Waals surface area (Å²) in [6.45, 7) is 3.40. The molecule has 134 valence electrons. The van der Waals surface area contributed by atoms with Crippen molar-refractivity contribution in [2.45, 2.75) is 25.8 Å². The highest BCUT2D eigenvalue weighted by molar-refractivity contribution is 9.10. The molecule has 1 saturated heterocycles. The van der Waals surface area contributed by atoms with Gasteiger partial charge in [0.2, 0.25) is 0 Å². The average molecular weight is 415 g/mol. The van der Waals surface area contributed by atoms with Gasteiger partial charge in [-0.25, -0.2) is 4.79 Å². The molecule has 0 radical (unpaired) electrons. The van der Waals surface area contributed by atoms with E-state index in [0.717, 1.165) is 21.4 Å². The van der Waals surface area contributed by atoms with Crippen molar-refractivity contribution in [2.75, 3.05) is 6.54 Å². The lowest BCUT2D eigenvalue weighted by atomic mass is 9.92. The molecule has 0 spiro atoms. The van der Waals surface area contributed by atoms with Gasteiger partial charge in [0.05, 0.1) is 6.54 Å². The number of benzene rings is 2. The molecule has 1 aliphatic heterocycles. The monoisotopic (exact) mass is 414 g/mol. The molecular formula is C20H19BrN2O3. The fraction of sp³-hybridized carbons (Fsp3) is 0.250. The van der Waals surface area contributed by atoms with Crippen molar-refractivity contribution >= 4 is 33.7 Å². The highest BCUT2D eigenvalue weighted by Crippen LogP contribution is 2.30. The van der Waals surface area contributed by atoms with Gasteiger partial charge in [0.1, 0.15) is 5.54 Å². The number of hydrogen-bond acceptors (Lipinski definition) is 3. The molecule has 3 amide bonds. The van der Waals surface area contributed by atoms with Crippen LogP contribution in [0.4, 0.5) is 4.79 Å². The molecule has 1 N–H and O–H groups in total. The van der Waals surface area contributed by atoms with E-state index in [9.17, 15) is 14.4 Å². The molecule has 0 saturated carbocycles. The average Bonchev–Trinajstić information content (AvgIpc) is 2.86. The Morgan fingerprint density at radius 1 is 1.15 bits per heavy atom. The van der Waals surface area contributed by atoms with Gasteiger partial charge < -0.3 is 5.32 Å². The second-order valence-electron chi connectivity index (χ2n) is 6.43. The zero-order chi connectivity index (χ0) is 18.9. The van der Waals surface area contributed by atoms with Gasteiger partial charge in [0.15, 0.2) is 5.78 Å². The van der Waals surface area contributed by atoms with E-state index in [1.54, 1.807) is 37.3 Å². The molecular weight excluding hydrogens is 396 g/mol. The van der Waals surface area contributed by atoms with E-state index in [1.807, 2.05) is 25.1 Å². The highest BCUT2D eigenvalue weighted by atomic mass is 79.9. The molecule has 0 aliphatic carbocycles. The topological polar surface area (TPSA) is 66.5 Å². The maximum absolute atomic E-state index is 12.9. The van der Waals surface area contributed by atoms with Crippen molar-refractivity contribution in [1.82, 2.24) is 10.2 Å². The summed E-state index contributed by atoms with van der Waals surface area (Å²) in [5.41, 5.74) is 1.08. The van der Waals surface area contributed by atoms with Crippen LogP contribution in [0.25, 0.3) is 0 Å². The molecule has 1 atom stereocenters. The van der Waals surface area contributed by atoms with Gasteiger partial charge in [-0.1, -0.05) is 59.3 Å². The van der Waals surface area contributed by atoms with Crippen LogP contribution in [-0.4, -0.2) is 29.2 Å². The first-order valence-corrected chi connectivity index (χ1v) is 9.16. The number of Topliss-reactive ketones (excluding diaryl/α,β-unsaturated/α-hetero) is 1. The normalized spacial score (nSPS) is 19.6. The number of carbonyl (C=O) groups excluding carboxylic acids is 3. The van der Waals surface area contributed by atoms with E-state index in [2.05, 4.69) is 21.2 Å². The second-order valence-corrected chi connectivity index (χ2v) is 7.35. The Labute approximate surface area is 160 Å². The number of hydrogen-bond donors (Lipinski definition) is 1. The number of imide groups is 1. The van der Waals surface area contributed by atoms with Gasteiger partial charge in [0, 0.05) is 10.0 Å². The van der Waals surface area contributed by atoms with Crippen LogP contribution in [0.2, 0.25) is 0 Å². The SMILES string of the molecule is CCc1ccc(C(=O)CN2C(=O)NC(C)(c3cccc(Br)c3)C2=O)cc1. The van der Waals surface area contributed by atoms with E-state index < -0.39 is 17.5 Å². The molecule has 1 unspecified atom stereocenters. The molecule has 5 nitrogen and oxygen atoms in total. The Kier molecular flexibility index (Phi) is 4.96. The van der Waals surface area contributed by atoms with Gasteiger partial charge in [-0.2, -0.15) is 0 Å². The summed E-state index contributed by atoms with van der Waals surface area (Å²) in [4.78, 5) is 38.7. The summed E-state index contributed by atoms with van der Waals surface area (Å²) in [5, 5.41) is 2.71. The summed E-state index contributed by atoms with van der Waals surface area (Å²) in [6.07, 6.45) is 0.881. The first-order chi connectivity index (χ1) is 12.3. The van der Waals surface area contributed by atoms with Crippen molar-refractivity contribution in [3.63, 3.8) is 0 Å². The van der Waals surface area contributed by atoms with E-state index in [0.29, 0.717) is 11.1 Å². The van der Waals surface area contributed by atoms with Crippen LogP contribution in [0, 0.1) is 0 Å². The lowest BCUT2D eigenvalue weighted by molar-refractivity contribution is -0.130. The summed E-state index contributed by atoms with van der Waals surface area (Å²) < 4.78 is 0.809. The van der Waals surface area contributed by atoms with E-state index in [1.165, 1.54) is 0 Å². The minimum absolute atomic E-state index is 0.269. The Morgan fingerprint density at radius 3 is 2.46 bits per heavy atom. The predicted octanol–water partition coefficient (Wildman–Crippen LogP) is 3.66. The lowest BCUT2D eigenvalue weighted by Gasteiger charge is -2.22. The molecule has 2 aromatic rings. The largest absolute Gasteiger partial charge is 0.325 e. The van der Waals surface area contributed by atoms with Crippen molar-refractivity contribution < 1.29 is 14.4 Å². The molecule has 3 rings (SSSR count). The van der Waals surface area contributed by atoms with Gasteiger partial charge in [0.25, 0.3) is 5.91 Å². The third kappa shape index (κ3) is 3.29. The lowest BCUT2D eigenvalue weighted by Crippen LogP contribution is -2.41. The summed E-state index contributed by atoms with van der Waals surface area (Å²) in [5.74, 6) is -0.700. The standard InChI is InChI=1S/C20H19BrN2O3/c1-3-13-7-9-14(10-8-13)17(24)12-23-18(25)20(2,22-19(23)26)15-5-4-6-16(21)11-15/h4-11H,3,12H2,1-2H3,(H,22,26). The Balaban J connectivity index is 1.81.